The molecule has 1 aromatic heterocycles. The predicted octanol–water partition coefficient (Wildman–Crippen LogP) is 1.55. The molecular formula is C15H24N4O2. The van der Waals surface area contributed by atoms with Gasteiger partial charge < -0.3 is 16.0 Å². The monoisotopic (exact) mass is 292 g/mol. The number of nitrogens with zero attached hydrogens (tertiary/aromatic N) is 1. The number of rotatable bonds is 6. The third-order valence-electron chi connectivity index (χ3n) is 2.58. The summed E-state index contributed by atoms with van der Waals surface area (Å²) in [6, 6.07) is 1.66. The van der Waals surface area contributed by atoms with E-state index in [0.29, 0.717) is 24.3 Å². The Kier molecular flexibility index (Phi) is 6.14. The minimum absolute atomic E-state index is 0.0792. The summed E-state index contributed by atoms with van der Waals surface area (Å²) in [4.78, 5) is 27.7. The zero-order valence-corrected chi connectivity index (χ0v) is 13.1. The van der Waals surface area contributed by atoms with E-state index in [0.717, 1.165) is 0 Å². The van der Waals surface area contributed by atoms with Gasteiger partial charge in [0.15, 0.2) is 0 Å². The van der Waals surface area contributed by atoms with Gasteiger partial charge in [0.05, 0.1) is 17.4 Å². The summed E-state index contributed by atoms with van der Waals surface area (Å²) in [7, 11) is 0. The number of aromatic nitrogens is 1. The average molecular weight is 292 g/mol. The van der Waals surface area contributed by atoms with Crippen LogP contribution < -0.4 is 16.0 Å². The first-order valence-electron chi connectivity index (χ1n) is 7.10. The summed E-state index contributed by atoms with van der Waals surface area (Å²) < 4.78 is 0. The number of carbonyl (C=O) groups is 2. The van der Waals surface area contributed by atoms with Gasteiger partial charge in [0.2, 0.25) is 5.91 Å². The maximum atomic E-state index is 12.1. The van der Waals surface area contributed by atoms with Crippen LogP contribution in [0, 0.1) is 0 Å². The van der Waals surface area contributed by atoms with Crippen LogP contribution in [0.3, 0.4) is 0 Å². The van der Waals surface area contributed by atoms with E-state index in [-0.39, 0.29) is 23.8 Å². The molecule has 1 rings (SSSR count). The van der Waals surface area contributed by atoms with Gasteiger partial charge in [0, 0.05) is 31.2 Å². The normalized spacial score (nSPS) is 10.9. The third kappa shape index (κ3) is 6.25. The predicted molar refractivity (Wildman–Crippen MR) is 83.2 cm³/mol. The average Bonchev–Trinajstić information content (AvgIpc) is 2.37. The van der Waals surface area contributed by atoms with Crippen molar-refractivity contribution in [2.24, 2.45) is 0 Å². The van der Waals surface area contributed by atoms with Crippen LogP contribution in [0.4, 0.5) is 5.69 Å². The highest BCUT2D eigenvalue weighted by Gasteiger charge is 2.14. The van der Waals surface area contributed by atoms with E-state index in [2.05, 4.69) is 20.9 Å². The van der Waals surface area contributed by atoms with Gasteiger partial charge in [-0.1, -0.05) is 0 Å². The molecule has 1 aromatic rings. The standard InChI is InChI=1S/C15H24N4O2/c1-5-17-12-10-16-8-6-11(12)14(21)18-9-7-13(20)19-15(2,3)4/h6,8,10,17H,5,7,9H2,1-4H3,(H,18,21)(H,19,20). The molecule has 21 heavy (non-hydrogen) atoms. The molecular weight excluding hydrogens is 268 g/mol. The SMILES string of the molecule is CCNc1cnccc1C(=O)NCCC(=O)NC(C)(C)C. The van der Waals surface area contributed by atoms with Gasteiger partial charge in [0.1, 0.15) is 0 Å². The van der Waals surface area contributed by atoms with Gasteiger partial charge in [-0.2, -0.15) is 0 Å². The molecule has 116 valence electrons. The second-order valence-corrected chi connectivity index (χ2v) is 5.76. The lowest BCUT2D eigenvalue weighted by Crippen LogP contribution is -2.42. The van der Waals surface area contributed by atoms with E-state index >= 15 is 0 Å². The Morgan fingerprint density at radius 3 is 2.62 bits per heavy atom. The van der Waals surface area contributed by atoms with Crippen LogP contribution >= 0.6 is 0 Å². The summed E-state index contributed by atoms with van der Waals surface area (Å²) in [5.74, 6) is -0.290. The topological polar surface area (TPSA) is 83.1 Å². The Morgan fingerprint density at radius 1 is 1.29 bits per heavy atom. The first-order chi connectivity index (χ1) is 9.83. The lowest BCUT2D eigenvalue weighted by Gasteiger charge is -2.20. The van der Waals surface area contributed by atoms with E-state index in [9.17, 15) is 9.59 Å². The third-order valence-corrected chi connectivity index (χ3v) is 2.58. The lowest BCUT2D eigenvalue weighted by molar-refractivity contribution is -0.122. The van der Waals surface area contributed by atoms with E-state index in [4.69, 9.17) is 0 Å². The molecule has 0 aliphatic rings. The van der Waals surface area contributed by atoms with Crippen molar-refractivity contribution in [1.82, 2.24) is 15.6 Å². The van der Waals surface area contributed by atoms with Gasteiger partial charge in [0.25, 0.3) is 5.91 Å². The minimum Gasteiger partial charge on any atom is -0.383 e. The fourth-order valence-electron chi connectivity index (χ4n) is 1.79. The van der Waals surface area contributed by atoms with Crippen molar-refractivity contribution in [3.05, 3.63) is 24.0 Å². The molecule has 2 amide bonds. The summed E-state index contributed by atoms with van der Waals surface area (Å²) in [6.07, 6.45) is 3.44. The Hall–Kier alpha value is -2.11. The molecule has 3 N–H and O–H groups in total. The molecule has 0 aliphatic carbocycles. The molecule has 0 unspecified atom stereocenters. The highest BCUT2D eigenvalue weighted by atomic mass is 16.2. The lowest BCUT2D eigenvalue weighted by atomic mass is 10.1. The van der Waals surface area contributed by atoms with Crippen molar-refractivity contribution in [1.29, 1.82) is 0 Å². The summed E-state index contributed by atoms with van der Waals surface area (Å²) in [5, 5.41) is 8.68. The van der Waals surface area contributed by atoms with Crippen molar-refractivity contribution in [3.8, 4) is 0 Å². The molecule has 0 atom stereocenters. The number of amides is 2. The quantitative estimate of drug-likeness (QED) is 0.743. The number of hydrogen-bond donors (Lipinski definition) is 3. The smallest absolute Gasteiger partial charge is 0.253 e. The van der Waals surface area contributed by atoms with Crippen LogP contribution in [0.25, 0.3) is 0 Å². The number of anilines is 1. The number of pyridine rings is 1. The first-order valence-corrected chi connectivity index (χ1v) is 7.10. The van der Waals surface area contributed by atoms with Gasteiger partial charge in [-0.05, 0) is 33.8 Å². The van der Waals surface area contributed by atoms with Crippen molar-refractivity contribution in [3.63, 3.8) is 0 Å². The van der Waals surface area contributed by atoms with Crippen LogP contribution in [0.1, 0.15) is 44.5 Å². The molecule has 0 saturated carbocycles. The summed E-state index contributed by atoms with van der Waals surface area (Å²) in [5.41, 5.74) is 0.962. The van der Waals surface area contributed by atoms with Crippen LogP contribution in [0.15, 0.2) is 18.5 Å². The van der Waals surface area contributed by atoms with Crippen molar-refractivity contribution in [2.45, 2.75) is 39.7 Å². The van der Waals surface area contributed by atoms with Crippen molar-refractivity contribution < 1.29 is 9.59 Å². The van der Waals surface area contributed by atoms with Gasteiger partial charge in [-0.15, -0.1) is 0 Å². The second-order valence-electron chi connectivity index (χ2n) is 5.76. The van der Waals surface area contributed by atoms with Crippen molar-refractivity contribution in [2.75, 3.05) is 18.4 Å². The largest absolute Gasteiger partial charge is 0.383 e. The van der Waals surface area contributed by atoms with E-state index in [1.807, 2.05) is 27.7 Å². The molecule has 6 heteroatoms. The van der Waals surface area contributed by atoms with Crippen LogP contribution in [0.2, 0.25) is 0 Å². The van der Waals surface area contributed by atoms with Crippen LogP contribution in [0.5, 0.6) is 0 Å². The van der Waals surface area contributed by atoms with Crippen LogP contribution in [-0.4, -0.2) is 35.4 Å². The molecule has 0 spiro atoms. The Bertz CT molecular complexity index is 495. The number of nitrogens with one attached hydrogen (secondary N) is 3. The number of carbonyl (C=O) groups excluding carboxylic acids is 2. The Labute approximate surface area is 125 Å². The molecule has 0 aliphatic heterocycles. The second kappa shape index (κ2) is 7.61. The van der Waals surface area contributed by atoms with E-state index < -0.39 is 0 Å². The summed E-state index contributed by atoms with van der Waals surface area (Å²) in [6.45, 7) is 8.72. The maximum Gasteiger partial charge on any atom is 0.253 e. The minimum atomic E-state index is -0.260. The Balaban J connectivity index is 2.49. The molecule has 0 saturated heterocycles. The maximum absolute atomic E-state index is 12.1. The molecule has 0 bridgehead atoms. The van der Waals surface area contributed by atoms with Gasteiger partial charge in [-0.25, -0.2) is 0 Å². The summed E-state index contributed by atoms with van der Waals surface area (Å²) >= 11 is 0. The molecule has 1 heterocycles. The highest BCUT2D eigenvalue weighted by Crippen LogP contribution is 2.12. The fourth-order valence-corrected chi connectivity index (χ4v) is 1.79. The van der Waals surface area contributed by atoms with Crippen molar-refractivity contribution >= 4 is 17.5 Å². The molecule has 6 nitrogen and oxygen atoms in total. The number of hydrogen-bond acceptors (Lipinski definition) is 4. The zero-order valence-electron chi connectivity index (χ0n) is 13.1. The Morgan fingerprint density at radius 2 is 2.00 bits per heavy atom. The fraction of sp³-hybridized carbons (Fsp3) is 0.533. The molecule has 0 fully saturated rings. The molecule has 0 aromatic carbocycles. The molecule has 0 radical (unpaired) electrons. The van der Waals surface area contributed by atoms with E-state index in [1.54, 1.807) is 18.5 Å². The zero-order chi connectivity index (χ0) is 15.9. The first kappa shape index (κ1) is 16.9. The van der Waals surface area contributed by atoms with Gasteiger partial charge >= 0.3 is 0 Å². The van der Waals surface area contributed by atoms with E-state index in [1.165, 1.54) is 0 Å². The highest BCUT2D eigenvalue weighted by molar-refractivity contribution is 5.99. The van der Waals surface area contributed by atoms with Crippen LogP contribution in [-0.2, 0) is 4.79 Å². The van der Waals surface area contributed by atoms with Gasteiger partial charge in [-0.3, -0.25) is 14.6 Å².